The van der Waals surface area contributed by atoms with Crippen LogP contribution in [0.2, 0.25) is 0 Å². The van der Waals surface area contributed by atoms with Gasteiger partial charge in [0.1, 0.15) is 6.04 Å². The Morgan fingerprint density at radius 1 is 1.15 bits per heavy atom. The number of rotatable bonds is 2. The van der Waals surface area contributed by atoms with Crippen LogP contribution in [0.1, 0.15) is 25.7 Å². The molecule has 7 nitrogen and oxygen atoms in total. The molecule has 112 valence electrons. The fourth-order valence-electron chi connectivity index (χ4n) is 3.00. The predicted octanol–water partition coefficient (Wildman–Crippen LogP) is 0.113. The number of carbonyl (C=O) groups excluding carboxylic acids is 2. The molecule has 2 heterocycles. The maximum Gasteiger partial charge on any atom is 0.326 e. The van der Waals surface area contributed by atoms with Crippen LogP contribution in [0.25, 0.3) is 0 Å². The van der Waals surface area contributed by atoms with E-state index in [1.54, 1.807) is 11.9 Å². The van der Waals surface area contributed by atoms with Crippen LogP contribution in [0.5, 0.6) is 0 Å². The molecule has 2 saturated heterocycles. The lowest BCUT2D eigenvalue weighted by molar-refractivity contribution is -0.141. The Balaban J connectivity index is 2.01. The van der Waals surface area contributed by atoms with E-state index in [9.17, 15) is 14.4 Å². The Kier molecular flexibility index (Phi) is 4.46. The molecule has 2 unspecified atom stereocenters. The molecule has 0 saturated carbocycles. The summed E-state index contributed by atoms with van der Waals surface area (Å²) < 4.78 is 0. The normalized spacial score (nSPS) is 26.4. The molecule has 0 aliphatic carbocycles. The van der Waals surface area contributed by atoms with Gasteiger partial charge in [0, 0.05) is 26.7 Å². The van der Waals surface area contributed by atoms with Gasteiger partial charge in [-0.1, -0.05) is 0 Å². The minimum absolute atomic E-state index is 0.0568. The number of nitrogens with zero attached hydrogens (tertiary/aromatic N) is 2. The Hall–Kier alpha value is -1.79. The number of carboxylic acid groups (broad SMARTS) is 1. The molecule has 2 N–H and O–H groups in total. The van der Waals surface area contributed by atoms with Crippen LogP contribution in [-0.4, -0.2) is 65.5 Å². The van der Waals surface area contributed by atoms with E-state index in [4.69, 9.17) is 5.11 Å². The number of aliphatic carboxylic acids is 1. The van der Waals surface area contributed by atoms with Crippen molar-refractivity contribution in [2.75, 3.05) is 26.7 Å². The second-order valence-corrected chi connectivity index (χ2v) is 5.37. The van der Waals surface area contributed by atoms with E-state index in [0.29, 0.717) is 26.1 Å². The molecule has 0 bridgehead atoms. The minimum atomic E-state index is -0.948. The Morgan fingerprint density at radius 3 is 2.50 bits per heavy atom. The third-order valence-corrected chi connectivity index (χ3v) is 4.09. The number of carbonyl (C=O) groups is 3. The maximum absolute atomic E-state index is 12.4. The zero-order valence-corrected chi connectivity index (χ0v) is 11.7. The summed E-state index contributed by atoms with van der Waals surface area (Å²) in [4.78, 5) is 38.3. The van der Waals surface area contributed by atoms with Crippen molar-refractivity contribution in [2.45, 2.75) is 31.7 Å². The molecule has 2 aliphatic rings. The largest absolute Gasteiger partial charge is 0.480 e. The number of likely N-dealkylation sites (tertiary alicyclic amines) is 2. The molecule has 0 aromatic rings. The summed E-state index contributed by atoms with van der Waals surface area (Å²) in [5.41, 5.74) is 0. The average Bonchev–Trinajstić information content (AvgIpc) is 2.95. The number of amides is 3. The highest BCUT2D eigenvalue weighted by atomic mass is 16.4. The van der Waals surface area contributed by atoms with Crippen LogP contribution in [0.15, 0.2) is 0 Å². The smallest absolute Gasteiger partial charge is 0.326 e. The SMILES string of the molecule is CNC(=O)C1CCCN(C(=O)N2CCCC2C(=O)O)C1. The fourth-order valence-corrected chi connectivity index (χ4v) is 3.00. The van der Waals surface area contributed by atoms with Crippen molar-refractivity contribution < 1.29 is 19.5 Å². The number of piperidine rings is 1. The van der Waals surface area contributed by atoms with Gasteiger partial charge >= 0.3 is 12.0 Å². The lowest BCUT2D eigenvalue weighted by Crippen LogP contribution is -2.52. The van der Waals surface area contributed by atoms with Gasteiger partial charge in [-0.2, -0.15) is 0 Å². The summed E-state index contributed by atoms with van der Waals surface area (Å²) in [5, 5.41) is 11.7. The monoisotopic (exact) mass is 283 g/mol. The van der Waals surface area contributed by atoms with Crippen LogP contribution in [0, 0.1) is 5.92 Å². The van der Waals surface area contributed by atoms with Crippen LogP contribution in [-0.2, 0) is 9.59 Å². The molecule has 2 aliphatic heterocycles. The van der Waals surface area contributed by atoms with Crippen molar-refractivity contribution in [3.05, 3.63) is 0 Å². The summed E-state index contributed by atoms with van der Waals surface area (Å²) in [6, 6.07) is -0.966. The first-order valence-electron chi connectivity index (χ1n) is 7.04. The van der Waals surface area contributed by atoms with E-state index in [1.807, 2.05) is 0 Å². The molecular weight excluding hydrogens is 262 g/mol. The molecule has 2 fully saturated rings. The van der Waals surface area contributed by atoms with Gasteiger partial charge in [0.15, 0.2) is 0 Å². The molecule has 0 radical (unpaired) electrons. The standard InChI is InChI=1S/C13H21N3O4/c1-14-11(17)9-4-2-6-15(8-9)13(20)16-7-3-5-10(16)12(18)19/h9-10H,2-8H2,1H3,(H,14,17)(H,18,19). The van der Waals surface area contributed by atoms with E-state index in [1.165, 1.54) is 4.90 Å². The van der Waals surface area contributed by atoms with Gasteiger partial charge in [-0.25, -0.2) is 9.59 Å². The quantitative estimate of drug-likeness (QED) is 0.753. The number of urea groups is 1. The van der Waals surface area contributed by atoms with Gasteiger partial charge in [-0.3, -0.25) is 4.79 Å². The zero-order chi connectivity index (χ0) is 14.7. The van der Waals surface area contributed by atoms with Crippen molar-refractivity contribution in [1.82, 2.24) is 15.1 Å². The highest BCUT2D eigenvalue weighted by molar-refractivity contribution is 5.84. The van der Waals surface area contributed by atoms with E-state index < -0.39 is 12.0 Å². The van der Waals surface area contributed by atoms with Crippen molar-refractivity contribution >= 4 is 17.9 Å². The number of carboxylic acids is 1. The zero-order valence-electron chi connectivity index (χ0n) is 11.7. The molecule has 0 aromatic heterocycles. The first kappa shape index (κ1) is 14.6. The molecule has 2 rings (SSSR count). The third kappa shape index (κ3) is 2.86. The fraction of sp³-hybridized carbons (Fsp3) is 0.769. The summed E-state index contributed by atoms with van der Waals surface area (Å²) in [6.07, 6.45) is 2.77. The van der Waals surface area contributed by atoms with Crippen LogP contribution >= 0.6 is 0 Å². The predicted molar refractivity (Wildman–Crippen MR) is 71.1 cm³/mol. The van der Waals surface area contributed by atoms with E-state index in [-0.39, 0.29) is 17.9 Å². The molecular formula is C13H21N3O4. The van der Waals surface area contributed by atoms with E-state index >= 15 is 0 Å². The molecule has 7 heteroatoms. The summed E-state index contributed by atoms with van der Waals surface area (Å²) in [7, 11) is 1.59. The van der Waals surface area contributed by atoms with E-state index in [2.05, 4.69) is 5.32 Å². The highest BCUT2D eigenvalue weighted by Gasteiger charge is 2.38. The third-order valence-electron chi connectivity index (χ3n) is 4.09. The van der Waals surface area contributed by atoms with Gasteiger partial charge in [-0.05, 0) is 25.7 Å². The lowest BCUT2D eigenvalue weighted by Gasteiger charge is -2.35. The van der Waals surface area contributed by atoms with Crippen molar-refractivity contribution in [3.8, 4) is 0 Å². The average molecular weight is 283 g/mol. The van der Waals surface area contributed by atoms with Crippen molar-refractivity contribution in [3.63, 3.8) is 0 Å². The molecule has 3 amide bonds. The summed E-state index contributed by atoms with van der Waals surface area (Å²) >= 11 is 0. The van der Waals surface area contributed by atoms with Crippen LogP contribution in [0.3, 0.4) is 0 Å². The highest BCUT2D eigenvalue weighted by Crippen LogP contribution is 2.23. The second kappa shape index (κ2) is 6.11. The van der Waals surface area contributed by atoms with Crippen LogP contribution in [0.4, 0.5) is 4.79 Å². The summed E-state index contributed by atoms with van der Waals surface area (Å²) in [5.74, 6) is -1.20. The molecule has 0 spiro atoms. The minimum Gasteiger partial charge on any atom is -0.480 e. The van der Waals surface area contributed by atoms with Gasteiger partial charge in [-0.15, -0.1) is 0 Å². The first-order chi connectivity index (χ1) is 9.54. The van der Waals surface area contributed by atoms with Crippen LogP contribution < -0.4 is 5.32 Å². The number of nitrogens with one attached hydrogen (secondary N) is 1. The number of hydrogen-bond donors (Lipinski definition) is 2. The topological polar surface area (TPSA) is 90.0 Å². The maximum atomic E-state index is 12.4. The Morgan fingerprint density at radius 2 is 1.85 bits per heavy atom. The van der Waals surface area contributed by atoms with Gasteiger partial charge < -0.3 is 20.2 Å². The molecule has 20 heavy (non-hydrogen) atoms. The molecule has 2 atom stereocenters. The van der Waals surface area contributed by atoms with Crippen molar-refractivity contribution in [1.29, 1.82) is 0 Å². The lowest BCUT2D eigenvalue weighted by atomic mass is 9.97. The Labute approximate surface area is 117 Å². The van der Waals surface area contributed by atoms with Gasteiger partial charge in [0.25, 0.3) is 0 Å². The second-order valence-electron chi connectivity index (χ2n) is 5.37. The Bertz CT molecular complexity index is 412. The van der Waals surface area contributed by atoms with Gasteiger partial charge in [0.2, 0.25) is 5.91 Å². The van der Waals surface area contributed by atoms with Crippen molar-refractivity contribution in [2.24, 2.45) is 5.92 Å². The number of hydrogen-bond acceptors (Lipinski definition) is 3. The first-order valence-corrected chi connectivity index (χ1v) is 7.04. The van der Waals surface area contributed by atoms with Gasteiger partial charge in [0.05, 0.1) is 5.92 Å². The molecule has 0 aromatic carbocycles. The summed E-state index contributed by atoms with van der Waals surface area (Å²) in [6.45, 7) is 1.45. The van der Waals surface area contributed by atoms with E-state index in [0.717, 1.165) is 19.3 Å².